The molecule has 0 aliphatic heterocycles. The summed E-state index contributed by atoms with van der Waals surface area (Å²) in [5.74, 6) is 0. The van der Waals surface area contributed by atoms with Gasteiger partial charge in [-0.3, -0.25) is 0 Å². The van der Waals surface area contributed by atoms with Gasteiger partial charge in [-0.1, -0.05) is 6.92 Å². The summed E-state index contributed by atoms with van der Waals surface area (Å²) in [5, 5.41) is 0.353. The van der Waals surface area contributed by atoms with Crippen molar-refractivity contribution in [3.05, 3.63) is 10.6 Å². The summed E-state index contributed by atoms with van der Waals surface area (Å²) in [6.45, 7) is 1.66. The minimum Gasteiger partial charge on any atom is -0.378 e. The van der Waals surface area contributed by atoms with Crippen molar-refractivity contribution in [2.24, 2.45) is 5.73 Å². The lowest BCUT2D eigenvalue weighted by Crippen LogP contribution is -2.34. The molecule has 0 saturated carbocycles. The molecule has 0 aliphatic rings. The van der Waals surface area contributed by atoms with E-state index in [4.69, 9.17) is 10.5 Å². The van der Waals surface area contributed by atoms with Crippen LogP contribution < -0.4 is 10.6 Å². The molecule has 0 fully saturated rings. The van der Waals surface area contributed by atoms with E-state index < -0.39 is 12.7 Å². The van der Waals surface area contributed by atoms with E-state index in [1.54, 1.807) is 0 Å². The molecular weight excluding hydrogens is 279 g/mol. The zero-order valence-corrected chi connectivity index (χ0v) is 11.8. The van der Waals surface area contributed by atoms with E-state index in [1.807, 2.05) is 6.92 Å². The Bertz CT molecular complexity index is 395. The van der Waals surface area contributed by atoms with Gasteiger partial charge in [-0.25, -0.2) is 4.98 Å². The van der Waals surface area contributed by atoms with Crippen LogP contribution in [0.1, 0.15) is 23.9 Å². The molecule has 0 aromatic carbocycles. The van der Waals surface area contributed by atoms with Crippen LogP contribution in [-0.4, -0.2) is 31.4 Å². The Labute approximate surface area is 114 Å². The second-order valence-corrected chi connectivity index (χ2v) is 5.10. The molecule has 0 amide bonds. The predicted octanol–water partition coefficient (Wildman–Crippen LogP) is 2.53. The number of nitrogens with zero attached hydrogens (tertiary/aromatic N) is 2. The molecule has 8 heteroatoms. The fourth-order valence-corrected chi connectivity index (χ4v) is 2.61. The zero-order chi connectivity index (χ0) is 14.5. The molecule has 110 valence electrons. The summed E-state index contributed by atoms with van der Waals surface area (Å²) in [7, 11) is 1.51. The summed E-state index contributed by atoms with van der Waals surface area (Å²) in [6, 6.07) is 0. The fraction of sp³-hybridized carbons (Fsp3) is 0.727. The van der Waals surface area contributed by atoms with Gasteiger partial charge in [0.15, 0.2) is 5.13 Å². The van der Waals surface area contributed by atoms with Crippen molar-refractivity contribution >= 4 is 16.5 Å². The van der Waals surface area contributed by atoms with Crippen molar-refractivity contribution in [3.63, 3.8) is 0 Å². The third kappa shape index (κ3) is 4.96. The largest absolute Gasteiger partial charge is 0.406 e. The first-order valence-corrected chi connectivity index (χ1v) is 6.72. The number of ether oxygens (including phenoxy) is 1. The highest BCUT2D eigenvalue weighted by molar-refractivity contribution is 7.15. The summed E-state index contributed by atoms with van der Waals surface area (Å²) in [6.07, 6.45) is -3.63. The van der Waals surface area contributed by atoms with Gasteiger partial charge in [0.2, 0.25) is 0 Å². The maximum atomic E-state index is 12.5. The highest BCUT2D eigenvalue weighted by Crippen LogP contribution is 2.29. The Morgan fingerprint density at radius 1 is 1.42 bits per heavy atom. The highest BCUT2D eigenvalue weighted by Gasteiger charge is 2.32. The number of methoxy groups -OCH3 is 1. The van der Waals surface area contributed by atoms with E-state index in [2.05, 4.69) is 4.98 Å². The van der Waals surface area contributed by atoms with Gasteiger partial charge >= 0.3 is 6.18 Å². The molecule has 0 radical (unpaired) electrons. The van der Waals surface area contributed by atoms with E-state index in [9.17, 15) is 13.2 Å². The van der Waals surface area contributed by atoms with Crippen LogP contribution in [0, 0.1) is 0 Å². The number of rotatable bonds is 7. The number of alkyl halides is 3. The van der Waals surface area contributed by atoms with Crippen molar-refractivity contribution in [2.75, 3.05) is 25.1 Å². The van der Waals surface area contributed by atoms with E-state index in [0.717, 1.165) is 4.88 Å². The molecule has 0 aliphatic carbocycles. The number of hydrogen-bond acceptors (Lipinski definition) is 5. The number of anilines is 1. The van der Waals surface area contributed by atoms with Gasteiger partial charge in [0.05, 0.1) is 12.3 Å². The van der Waals surface area contributed by atoms with Crippen LogP contribution in [0.15, 0.2) is 0 Å². The zero-order valence-electron chi connectivity index (χ0n) is 11.0. The molecule has 1 rings (SSSR count). The van der Waals surface area contributed by atoms with Gasteiger partial charge in [-0.15, -0.1) is 11.3 Å². The Morgan fingerprint density at radius 3 is 2.58 bits per heavy atom. The van der Waals surface area contributed by atoms with Crippen molar-refractivity contribution in [1.82, 2.24) is 4.98 Å². The molecule has 4 nitrogen and oxygen atoms in total. The molecular formula is C11H18F3N3OS. The van der Waals surface area contributed by atoms with E-state index >= 15 is 0 Å². The van der Waals surface area contributed by atoms with Gasteiger partial charge in [0.1, 0.15) is 6.54 Å². The van der Waals surface area contributed by atoms with Gasteiger partial charge in [0.25, 0.3) is 0 Å². The standard InChI is InChI=1S/C11H18F3N3OS/c1-3-4-17(7-11(12,13)14)10-16-8(6-18-2)9(5-15)19-10/h3-7,15H2,1-2H3. The topological polar surface area (TPSA) is 51.4 Å². The predicted molar refractivity (Wildman–Crippen MR) is 69.3 cm³/mol. The summed E-state index contributed by atoms with van der Waals surface area (Å²) in [4.78, 5) is 6.22. The van der Waals surface area contributed by atoms with Crippen LogP contribution >= 0.6 is 11.3 Å². The average Bonchev–Trinajstić information content (AvgIpc) is 2.70. The quantitative estimate of drug-likeness (QED) is 0.840. The number of thiazole rings is 1. The second kappa shape index (κ2) is 7.06. The maximum Gasteiger partial charge on any atom is 0.406 e. The third-order valence-electron chi connectivity index (χ3n) is 2.37. The SMILES string of the molecule is CCCN(CC(F)(F)F)c1nc(COC)c(CN)s1. The first-order chi connectivity index (χ1) is 8.91. The first-order valence-electron chi connectivity index (χ1n) is 5.90. The van der Waals surface area contributed by atoms with Crippen LogP contribution in [0.2, 0.25) is 0 Å². The van der Waals surface area contributed by atoms with Crippen molar-refractivity contribution in [1.29, 1.82) is 0 Å². The summed E-state index contributed by atoms with van der Waals surface area (Å²) in [5.41, 5.74) is 6.19. The van der Waals surface area contributed by atoms with Gasteiger partial charge in [-0.05, 0) is 6.42 Å². The number of nitrogens with two attached hydrogens (primary N) is 1. The lowest BCUT2D eigenvalue weighted by Gasteiger charge is -2.22. The molecule has 1 aromatic heterocycles. The summed E-state index contributed by atoms with van der Waals surface area (Å²) >= 11 is 1.20. The highest BCUT2D eigenvalue weighted by atomic mass is 32.1. The molecule has 0 atom stereocenters. The Hall–Kier alpha value is -0.860. The van der Waals surface area contributed by atoms with E-state index in [0.29, 0.717) is 23.8 Å². The lowest BCUT2D eigenvalue weighted by atomic mass is 10.4. The molecule has 0 saturated heterocycles. The average molecular weight is 297 g/mol. The van der Waals surface area contributed by atoms with Crippen LogP contribution in [0.25, 0.3) is 0 Å². The Morgan fingerprint density at radius 2 is 2.11 bits per heavy atom. The summed E-state index contributed by atoms with van der Waals surface area (Å²) < 4.78 is 42.6. The fourth-order valence-electron chi connectivity index (χ4n) is 1.64. The Balaban J connectivity index is 2.95. The number of aromatic nitrogens is 1. The molecule has 1 heterocycles. The van der Waals surface area contributed by atoms with Gasteiger partial charge in [-0.2, -0.15) is 13.2 Å². The van der Waals surface area contributed by atoms with E-state index in [1.165, 1.54) is 23.3 Å². The van der Waals surface area contributed by atoms with Crippen LogP contribution in [-0.2, 0) is 17.9 Å². The maximum absolute atomic E-state index is 12.5. The van der Waals surface area contributed by atoms with Crippen LogP contribution in [0.3, 0.4) is 0 Å². The first kappa shape index (κ1) is 16.2. The monoisotopic (exact) mass is 297 g/mol. The van der Waals surface area contributed by atoms with E-state index in [-0.39, 0.29) is 13.2 Å². The lowest BCUT2D eigenvalue weighted by molar-refractivity contribution is -0.119. The van der Waals surface area contributed by atoms with Crippen LogP contribution in [0.4, 0.5) is 18.3 Å². The van der Waals surface area contributed by atoms with Crippen LogP contribution in [0.5, 0.6) is 0 Å². The molecule has 1 aromatic rings. The molecule has 0 bridgehead atoms. The number of halogens is 3. The Kier molecular flexibility index (Phi) is 6.02. The normalized spacial score (nSPS) is 11.9. The van der Waals surface area contributed by atoms with Crippen molar-refractivity contribution in [2.45, 2.75) is 32.7 Å². The minimum atomic E-state index is -4.24. The molecule has 0 unspecified atom stereocenters. The molecule has 19 heavy (non-hydrogen) atoms. The van der Waals surface area contributed by atoms with Crippen molar-refractivity contribution in [3.8, 4) is 0 Å². The van der Waals surface area contributed by atoms with Crippen molar-refractivity contribution < 1.29 is 17.9 Å². The van der Waals surface area contributed by atoms with Gasteiger partial charge < -0.3 is 15.4 Å². The molecule has 2 N–H and O–H groups in total. The minimum absolute atomic E-state index is 0.252. The van der Waals surface area contributed by atoms with Gasteiger partial charge in [0, 0.05) is 25.1 Å². The third-order valence-corrected chi connectivity index (χ3v) is 3.55. The second-order valence-electron chi connectivity index (χ2n) is 4.04. The smallest absolute Gasteiger partial charge is 0.378 e. The molecule has 0 spiro atoms. The number of hydrogen-bond donors (Lipinski definition) is 1.